The second-order valence-electron chi connectivity index (χ2n) is 5.45. The number of rotatable bonds is 2. The molecule has 0 saturated carbocycles. The van der Waals surface area contributed by atoms with Crippen LogP contribution in [-0.2, 0) is 13.0 Å². The van der Waals surface area contributed by atoms with Crippen LogP contribution in [-0.4, -0.2) is 27.4 Å². The number of benzene rings is 1. The molecule has 2 amide bonds. The lowest BCUT2D eigenvalue weighted by atomic mass is 10.0. The van der Waals surface area contributed by atoms with Crippen molar-refractivity contribution < 1.29 is 4.79 Å². The van der Waals surface area contributed by atoms with Gasteiger partial charge in [-0.05, 0) is 11.1 Å². The first-order chi connectivity index (χ1) is 11.2. The average Bonchev–Trinajstić information content (AvgIpc) is 3.18. The number of aromatic nitrogens is 3. The second-order valence-corrected chi connectivity index (χ2v) is 5.45. The number of amides is 2. The molecule has 1 aromatic carbocycles. The molecule has 0 saturated heterocycles. The maximum absolute atomic E-state index is 12.1. The topological polar surface area (TPSA) is 91.3 Å². The fourth-order valence-electron chi connectivity index (χ4n) is 3.12. The van der Waals surface area contributed by atoms with Crippen molar-refractivity contribution >= 4 is 11.7 Å². The summed E-state index contributed by atoms with van der Waals surface area (Å²) >= 11 is 0. The van der Waals surface area contributed by atoms with Gasteiger partial charge >= 0.3 is 6.03 Å². The van der Waals surface area contributed by atoms with E-state index in [0.717, 1.165) is 28.1 Å². The van der Waals surface area contributed by atoms with Gasteiger partial charge in [0.2, 0.25) is 5.65 Å². The molecule has 7 nitrogen and oxygen atoms in total. The Hall–Kier alpha value is -3.09. The molecule has 7 heteroatoms. The van der Waals surface area contributed by atoms with Crippen LogP contribution in [0.2, 0.25) is 0 Å². The zero-order chi connectivity index (χ0) is 16.0. The zero-order valence-electron chi connectivity index (χ0n) is 12.5. The third-order valence-electron chi connectivity index (χ3n) is 4.21. The van der Waals surface area contributed by atoms with E-state index >= 15 is 0 Å². The van der Waals surface area contributed by atoms with Gasteiger partial charge in [-0.15, -0.1) is 0 Å². The molecule has 23 heavy (non-hydrogen) atoms. The number of nitrogens with zero attached hydrogens (tertiary/aromatic N) is 2. The molecule has 2 aromatic heterocycles. The van der Waals surface area contributed by atoms with Gasteiger partial charge in [0.15, 0.2) is 0 Å². The third-order valence-corrected chi connectivity index (χ3v) is 4.21. The Bertz CT molecular complexity index is 986. The van der Waals surface area contributed by atoms with E-state index in [1.165, 1.54) is 0 Å². The summed E-state index contributed by atoms with van der Waals surface area (Å²) in [7, 11) is 1.58. The van der Waals surface area contributed by atoms with Gasteiger partial charge < -0.3 is 15.6 Å². The summed E-state index contributed by atoms with van der Waals surface area (Å²) in [6.07, 6.45) is 4.12. The monoisotopic (exact) mass is 309 g/mol. The van der Waals surface area contributed by atoms with E-state index in [1.807, 2.05) is 22.6 Å². The number of imidazole rings is 1. The van der Waals surface area contributed by atoms with Crippen molar-refractivity contribution in [3.8, 4) is 11.3 Å². The second kappa shape index (κ2) is 4.98. The smallest absolute Gasteiger partial charge is 0.314 e. The van der Waals surface area contributed by atoms with Gasteiger partial charge in [0, 0.05) is 38.0 Å². The van der Waals surface area contributed by atoms with Crippen LogP contribution < -0.4 is 16.2 Å². The Kier molecular flexibility index (Phi) is 2.94. The number of hydrogen-bond donors (Lipinski definition) is 3. The summed E-state index contributed by atoms with van der Waals surface area (Å²) in [4.78, 5) is 30.6. The van der Waals surface area contributed by atoms with Gasteiger partial charge in [0.1, 0.15) is 0 Å². The number of urea groups is 1. The van der Waals surface area contributed by atoms with E-state index in [-0.39, 0.29) is 11.6 Å². The van der Waals surface area contributed by atoms with Crippen LogP contribution in [0.25, 0.3) is 16.9 Å². The van der Waals surface area contributed by atoms with Crippen molar-refractivity contribution in [3.05, 3.63) is 57.8 Å². The Morgan fingerprint density at radius 3 is 3.13 bits per heavy atom. The lowest BCUT2D eigenvalue weighted by molar-refractivity contribution is 0.242. The number of aromatic amines is 1. The summed E-state index contributed by atoms with van der Waals surface area (Å²) in [6, 6.07) is 5.70. The molecule has 116 valence electrons. The summed E-state index contributed by atoms with van der Waals surface area (Å²) in [5.41, 5.74) is 5.21. The highest BCUT2D eigenvalue weighted by Crippen LogP contribution is 2.36. The minimum Gasteiger partial charge on any atom is -0.341 e. The van der Waals surface area contributed by atoms with Crippen molar-refractivity contribution in [1.29, 1.82) is 0 Å². The van der Waals surface area contributed by atoms with Gasteiger partial charge in [0.25, 0.3) is 5.56 Å². The molecule has 3 N–H and O–H groups in total. The predicted octanol–water partition coefficient (Wildman–Crippen LogP) is 1.02. The molecule has 0 aliphatic heterocycles. The van der Waals surface area contributed by atoms with Crippen LogP contribution in [0.4, 0.5) is 4.79 Å². The summed E-state index contributed by atoms with van der Waals surface area (Å²) in [5.74, 6) is 0. The lowest BCUT2D eigenvalue weighted by Gasteiger charge is -2.09. The van der Waals surface area contributed by atoms with E-state index in [9.17, 15) is 9.59 Å². The van der Waals surface area contributed by atoms with Crippen LogP contribution in [0, 0.1) is 0 Å². The lowest BCUT2D eigenvalue weighted by Crippen LogP contribution is -2.32. The van der Waals surface area contributed by atoms with Crippen LogP contribution in [0.3, 0.4) is 0 Å². The van der Waals surface area contributed by atoms with Crippen molar-refractivity contribution in [2.24, 2.45) is 0 Å². The van der Waals surface area contributed by atoms with Gasteiger partial charge in [0.05, 0.1) is 11.4 Å². The number of hydrogen-bond acceptors (Lipinski definition) is 3. The summed E-state index contributed by atoms with van der Waals surface area (Å²) in [6.45, 7) is 0.439. The molecule has 0 radical (unpaired) electrons. The quantitative estimate of drug-likeness (QED) is 0.516. The molecule has 1 aliphatic rings. The van der Waals surface area contributed by atoms with Crippen LogP contribution >= 0.6 is 0 Å². The van der Waals surface area contributed by atoms with E-state index < -0.39 is 0 Å². The molecule has 1 aliphatic carbocycles. The minimum absolute atomic E-state index is 0.199. The molecular weight excluding hydrogens is 294 g/mol. The number of carbonyl (C=O) groups is 1. The maximum Gasteiger partial charge on any atom is 0.314 e. The van der Waals surface area contributed by atoms with E-state index in [1.54, 1.807) is 19.4 Å². The first-order valence-corrected chi connectivity index (χ1v) is 7.34. The van der Waals surface area contributed by atoms with Crippen LogP contribution in [0.1, 0.15) is 16.8 Å². The number of H-pyrrole nitrogens is 1. The Morgan fingerprint density at radius 2 is 2.30 bits per heavy atom. The van der Waals surface area contributed by atoms with Gasteiger partial charge in [-0.25, -0.2) is 9.78 Å². The average molecular weight is 309 g/mol. The molecule has 4 rings (SSSR count). The fraction of sp³-hybridized carbons (Fsp3) is 0.188. The molecule has 0 fully saturated rings. The van der Waals surface area contributed by atoms with Gasteiger partial charge in [-0.1, -0.05) is 18.2 Å². The normalized spacial score (nSPS) is 12.0. The largest absolute Gasteiger partial charge is 0.341 e. The Labute approximate surface area is 131 Å². The third kappa shape index (κ3) is 2.01. The van der Waals surface area contributed by atoms with Crippen molar-refractivity contribution in [2.75, 3.05) is 7.05 Å². The highest BCUT2D eigenvalue weighted by molar-refractivity contribution is 5.76. The van der Waals surface area contributed by atoms with Gasteiger partial charge in [-0.2, -0.15) is 0 Å². The van der Waals surface area contributed by atoms with Gasteiger partial charge in [-0.3, -0.25) is 9.20 Å². The number of carbonyl (C=O) groups excluding carboxylic acids is 1. The maximum atomic E-state index is 12.1. The number of fused-ring (bicyclic) bond motifs is 5. The first kappa shape index (κ1) is 13.6. The van der Waals surface area contributed by atoms with E-state index in [4.69, 9.17) is 0 Å². The molecular formula is C16H15N5O2. The molecule has 0 bridgehead atoms. The summed E-state index contributed by atoms with van der Waals surface area (Å²) in [5, 5.41) is 5.35. The predicted molar refractivity (Wildman–Crippen MR) is 85.4 cm³/mol. The SMILES string of the molecule is CNC(=O)NCc1cccc2c1Cc1c-2[nH]c(=O)c2nccn12. The molecule has 3 aromatic rings. The standard InChI is InChI=1S/C16H15N5O2/c1-17-16(23)19-8-9-3-2-4-10-11(9)7-12-13(10)20-15(22)14-18-5-6-21(12)14/h2-6H,7-8H2,1H3,(H,20,22)(H2,17,19,23). The minimum atomic E-state index is -0.219. The van der Waals surface area contributed by atoms with Crippen molar-refractivity contribution in [3.63, 3.8) is 0 Å². The highest BCUT2D eigenvalue weighted by Gasteiger charge is 2.25. The molecule has 0 atom stereocenters. The van der Waals surface area contributed by atoms with E-state index in [2.05, 4.69) is 20.6 Å². The summed E-state index contributed by atoms with van der Waals surface area (Å²) < 4.78 is 1.84. The zero-order valence-corrected chi connectivity index (χ0v) is 12.5. The van der Waals surface area contributed by atoms with Crippen LogP contribution in [0.15, 0.2) is 35.4 Å². The molecule has 0 spiro atoms. The first-order valence-electron chi connectivity index (χ1n) is 7.34. The number of nitrogens with one attached hydrogen (secondary N) is 3. The highest BCUT2D eigenvalue weighted by atomic mass is 16.2. The Morgan fingerprint density at radius 1 is 1.43 bits per heavy atom. The molecule has 0 unspecified atom stereocenters. The van der Waals surface area contributed by atoms with Crippen LogP contribution in [0.5, 0.6) is 0 Å². The fourth-order valence-corrected chi connectivity index (χ4v) is 3.12. The van der Waals surface area contributed by atoms with E-state index in [0.29, 0.717) is 18.6 Å². The Balaban J connectivity index is 1.82. The van der Waals surface area contributed by atoms with Crippen molar-refractivity contribution in [2.45, 2.75) is 13.0 Å². The van der Waals surface area contributed by atoms with Crippen molar-refractivity contribution in [1.82, 2.24) is 25.0 Å². The molecule has 2 heterocycles.